The van der Waals surface area contributed by atoms with Crippen LogP contribution in [0.2, 0.25) is 0 Å². The van der Waals surface area contributed by atoms with Gasteiger partial charge in [-0.15, -0.1) is 11.8 Å². The van der Waals surface area contributed by atoms with Crippen LogP contribution < -0.4 is 11.5 Å². The monoisotopic (exact) mass is 300 g/mol. The molecule has 21 heavy (non-hydrogen) atoms. The minimum absolute atomic E-state index is 0.322. The smallest absolute Gasteiger partial charge is 0.320 e. The van der Waals surface area contributed by atoms with Gasteiger partial charge in [-0.25, -0.2) is 0 Å². The lowest BCUT2D eigenvalue weighted by Crippen LogP contribution is -2.29. The van der Waals surface area contributed by atoms with Gasteiger partial charge in [-0.3, -0.25) is 4.79 Å². The number of nitrogens with two attached hydrogens (primary N) is 2. The van der Waals surface area contributed by atoms with Gasteiger partial charge in [-0.1, -0.05) is 19.8 Å². The number of carboxylic acids is 1. The second-order valence-corrected chi connectivity index (χ2v) is 4.87. The Hall–Kier alpha value is -1.09. The van der Waals surface area contributed by atoms with Gasteiger partial charge < -0.3 is 21.7 Å². The van der Waals surface area contributed by atoms with E-state index in [0.29, 0.717) is 19.6 Å². The summed E-state index contributed by atoms with van der Waals surface area (Å²) in [5, 5.41) is 16.8. The van der Waals surface area contributed by atoms with E-state index in [-0.39, 0.29) is 0 Å². The van der Waals surface area contributed by atoms with Crippen LogP contribution in [0.5, 0.6) is 0 Å². The van der Waals surface area contributed by atoms with Gasteiger partial charge in [0.05, 0.1) is 0 Å². The van der Waals surface area contributed by atoms with Crippen molar-refractivity contribution < 1.29 is 15.0 Å². The highest BCUT2D eigenvalue weighted by molar-refractivity contribution is 5.72. The molecule has 5 heteroatoms. The van der Waals surface area contributed by atoms with E-state index >= 15 is 0 Å². The highest BCUT2D eigenvalue weighted by Crippen LogP contribution is 1.97. The molecule has 0 amide bonds. The Balaban J connectivity index is 0. The molecule has 1 unspecified atom stereocenters. The first-order valence-corrected chi connectivity index (χ1v) is 7.85. The second kappa shape index (κ2) is 18.9. The van der Waals surface area contributed by atoms with E-state index in [9.17, 15) is 4.79 Å². The van der Waals surface area contributed by atoms with Crippen molar-refractivity contribution in [1.82, 2.24) is 0 Å². The molecule has 0 spiro atoms. The maximum Gasteiger partial charge on any atom is 0.320 e. The quantitative estimate of drug-likeness (QED) is 0.364. The zero-order chi connectivity index (χ0) is 16.3. The number of unbranched alkanes of at least 4 members (excludes halogenated alkanes) is 5. The van der Waals surface area contributed by atoms with Crippen molar-refractivity contribution >= 4 is 5.97 Å². The molecule has 0 aromatic heterocycles. The molecule has 0 heterocycles. The fourth-order valence-corrected chi connectivity index (χ4v) is 1.44. The van der Waals surface area contributed by atoms with Crippen LogP contribution in [0.25, 0.3) is 0 Å². The average Bonchev–Trinajstić information content (AvgIpc) is 2.47. The van der Waals surface area contributed by atoms with Crippen molar-refractivity contribution in [2.45, 2.75) is 70.8 Å². The van der Waals surface area contributed by atoms with Crippen molar-refractivity contribution in [1.29, 1.82) is 0 Å². The molecule has 0 bridgehead atoms. The first kappa shape index (κ1) is 22.2. The van der Waals surface area contributed by atoms with Gasteiger partial charge in [0.2, 0.25) is 0 Å². The number of hydrogen-bond donors (Lipinski definition) is 4. The molecule has 6 N–H and O–H groups in total. The Kier molecular flexibility index (Phi) is 20.0. The fraction of sp³-hybridized carbons (Fsp3) is 0.812. The number of aliphatic hydroxyl groups is 1. The molecule has 5 nitrogen and oxygen atoms in total. The number of carbonyl (C=O) groups is 1. The fourth-order valence-electron chi connectivity index (χ4n) is 1.44. The lowest BCUT2D eigenvalue weighted by atomic mass is 10.1. The summed E-state index contributed by atoms with van der Waals surface area (Å²) in [5.74, 6) is 5.28. The average molecular weight is 300 g/mol. The van der Waals surface area contributed by atoms with Gasteiger partial charge in [0.15, 0.2) is 0 Å². The molecular weight excluding hydrogens is 268 g/mol. The van der Waals surface area contributed by atoms with E-state index in [1.54, 1.807) is 0 Å². The molecular formula is C16H32N2O3. The molecule has 1 atom stereocenters. The lowest BCUT2D eigenvalue weighted by Gasteiger charge is -2.03. The minimum atomic E-state index is -0.933. The molecule has 0 aromatic carbocycles. The highest BCUT2D eigenvalue weighted by atomic mass is 16.4. The SMILES string of the molecule is CCCC#CCCCCCO.NCCCCC(N)C(=O)O. The van der Waals surface area contributed by atoms with Crippen LogP contribution in [0.15, 0.2) is 0 Å². The number of aliphatic carboxylic acids is 1. The summed E-state index contributed by atoms with van der Waals surface area (Å²) in [6.45, 7) is 3.06. The summed E-state index contributed by atoms with van der Waals surface area (Å²) in [5.41, 5.74) is 10.4. The molecule has 0 aromatic rings. The molecule has 124 valence electrons. The van der Waals surface area contributed by atoms with Crippen molar-refractivity contribution in [2.24, 2.45) is 11.5 Å². The Morgan fingerprint density at radius 3 is 2.29 bits per heavy atom. The van der Waals surface area contributed by atoms with Gasteiger partial charge in [-0.05, 0) is 38.6 Å². The van der Waals surface area contributed by atoms with Gasteiger partial charge in [0.1, 0.15) is 6.04 Å². The van der Waals surface area contributed by atoms with E-state index in [4.69, 9.17) is 21.7 Å². The third-order valence-electron chi connectivity index (χ3n) is 2.75. The van der Waals surface area contributed by atoms with Gasteiger partial charge in [-0.2, -0.15) is 0 Å². The standard InChI is InChI=1S/C10H18O.C6H14N2O2/c1-2-3-4-5-6-7-8-9-10-11;7-4-2-1-3-5(8)6(9)10/h11H,2-3,6-10H2,1H3;5H,1-4,7-8H2,(H,9,10). The lowest BCUT2D eigenvalue weighted by molar-refractivity contribution is -0.138. The molecule has 0 aliphatic carbocycles. The van der Waals surface area contributed by atoms with Gasteiger partial charge in [0, 0.05) is 19.4 Å². The third kappa shape index (κ3) is 21.4. The summed E-state index contributed by atoms with van der Waals surface area (Å²) in [4.78, 5) is 10.1. The predicted molar refractivity (Wildman–Crippen MR) is 86.8 cm³/mol. The van der Waals surface area contributed by atoms with Crippen molar-refractivity contribution in [3.63, 3.8) is 0 Å². The van der Waals surface area contributed by atoms with Crippen LogP contribution in [0.3, 0.4) is 0 Å². The maximum absolute atomic E-state index is 10.1. The summed E-state index contributed by atoms with van der Waals surface area (Å²) in [6.07, 6.45) is 8.52. The minimum Gasteiger partial charge on any atom is -0.480 e. The molecule has 0 fully saturated rings. The summed E-state index contributed by atoms with van der Waals surface area (Å²) >= 11 is 0. The largest absolute Gasteiger partial charge is 0.480 e. The van der Waals surface area contributed by atoms with Crippen LogP contribution in [-0.2, 0) is 4.79 Å². The molecule has 0 rings (SSSR count). The highest BCUT2D eigenvalue weighted by Gasteiger charge is 2.09. The van der Waals surface area contributed by atoms with Crippen molar-refractivity contribution in [2.75, 3.05) is 13.2 Å². The second-order valence-electron chi connectivity index (χ2n) is 4.87. The van der Waals surface area contributed by atoms with E-state index < -0.39 is 12.0 Å². The van der Waals surface area contributed by atoms with E-state index in [1.807, 2.05) is 0 Å². The first-order chi connectivity index (χ1) is 10.1. The zero-order valence-electron chi connectivity index (χ0n) is 13.3. The Bertz CT molecular complexity index is 285. The van der Waals surface area contributed by atoms with Crippen LogP contribution in [0, 0.1) is 11.8 Å². The number of rotatable bonds is 10. The molecule has 0 saturated carbocycles. The topological polar surface area (TPSA) is 110 Å². The number of hydrogen-bond acceptors (Lipinski definition) is 4. The van der Waals surface area contributed by atoms with Crippen molar-refractivity contribution in [3.8, 4) is 11.8 Å². The van der Waals surface area contributed by atoms with E-state index in [0.717, 1.165) is 51.4 Å². The summed E-state index contributed by atoms with van der Waals surface area (Å²) in [6, 6.07) is -0.716. The van der Waals surface area contributed by atoms with Crippen LogP contribution in [0.1, 0.15) is 64.7 Å². The predicted octanol–water partition coefficient (Wildman–Crippen LogP) is 1.87. The normalized spacial score (nSPS) is 10.9. The van der Waals surface area contributed by atoms with E-state index in [1.165, 1.54) is 0 Å². The van der Waals surface area contributed by atoms with Crippen LogP contribution in [-0.4, -0.2) is 35.4 Å². The summed E-state index contributed by atoms with van der Waals surface area (Å²) in [7, 11) is 0. The van der Waals surface area contributed by atoms with Crippen molar-refractivity contribution in [3.05, 3.63) is 0 Å². The number of aliphatic hydroxyl groups excluding tert-OH is 1. The molecule has 0 saturated heterocycles. The van der Waals surface area contributed by atoms with Crippen LogP contribution in [0.4, 0.5) is 0 Å². The Labute approximate surface area is 129 Å². The Morgan fingerprint density at radius 1 is 1.10 bits per heavy atom. The van der Waals surface area contributed by atoms with E-state index in [2.05, 4.69) is 18.8 Å². The first-order valence-electron chi connectivity index (χ1n) is 7.85. The Morgan fingerprint density at radius 2 is 1.76 bits per heavy atom. The van der Waals surface area contributed by atoms with Gasteiger partial charge >= 0.3 is 5.97 Å². The molecule has 0 aliphatic heterocycles. The molecule has 0 radical (unpaired) electrons. The van der Waals surface area contributed by atoms with Gasteiger partial charge in [0.25, 0.3) is 0 Å². The maximum atomic E-state index is 10.1. The third-order valence-corrected chi connectivity index (χ3v) is 2.75. The molecule has 0 aliphatic rings. The number of carboxylic acid groups (broad SMARTS) is 1. The zero-order valence-corrected chi connectivity index (χ0v) is 13.3. The van der Waals surface area contributed by atoms with Crippen LogP contribution >= 0.6 is 0 Å². The summed E-state index contributed by atoms with van der Waals surface area (Å²) < 4.78 is 0.